The average Bonchev–Trinajstić information content (AvgIpc) is 3.56. The fourth-order valence-corrected chi connectivity index (χ4v) is 8.01. The zero-order chi connectivity index (χ0) is 41.1. The molecule has 4 N–H and O–H groups in total. The van der Waals surface area contributed by atoms with Crippen molar-refractivity contribution in [1.29, 1.82) is 0 Å². The third-order valence-electron chi connectivity index (χ3n) is 9.95. The lowest BCUT2D eigenvalue weighted by Gasteiger charge is -2.24. The van der Waals surface area contributed by atoms with E-state index in [-0.39, 0.29) is 56.8 Å². The summed E-state index contributed by atoms with van der Waals surface area (Å²) in [6, 6.07) is 33.3. The number of esters is 1. The van der Waals surface area contributed by atoms with E-state index in [1.165, 1.54) is 0 Å². The molecule has 0 radical (unpaired) electrons. The molecule has 58 heavy (non-hydrogen) atoms. The maximum Gasteiger partial charge on any atom is 0.407 e. The Morgan fingerprint density at radius 1 is 0.741 bits per heavy atom. The minimum Gasteiger partial charge on any atom is -0.462 e. The number of nitrogens with one attached hydrogen (secondary N) is 3. The third-order valence-corrected chi connectivity index (χ3v) is 11.1. The summed E-state index contributed by atoms with van der Waals surface area (Å²) in [7, 11) is 0. The Kier molecular flexibility index (Phi) is 17.2. The van der Waals surface area contributed by atoms with Crippen LogP contribution in [0.2, 0.25) is 0 Å². The van der Waals surface area contributed by atoms with E-state index >= 15 is 0 Å². The molecule has 0 saturated carbocycles. The summed E-state index contributed by atoms with van der Waals surface area (Å²) in [5, 5.41) is 18.5. The summed E-state index contributed by atoms with van der Waals surface area (Å²) in [6.45, 7) is 7.23. The highest BCUT2D eigenvalue weighted by molar-refractivity contribution is 7.98. The number of carbonyl (C=O) groups excluding carboxylic acids is 4. The Morgan fingerprint density at radius 2 is 1.36 bits per heavy atom. The van der Waals surface area contributed by atoms with E-state index in [9.17, 15) is 24.3 Å². The maximum atomic E-state index is 13.7. The molecule has 4 aromatic rings. The molecule has 3 amide bonds. The van der Waals surface area contributed by atoms with Gasteiger partial charge in [0.1, 0.15) is 19.3 Å². The first-order chi connectivity index (χ1) is 28.3. The lowest BCUT2D eigenvalue weighted by Crippen LogP contribution is -2.47. The van der Waals surface area contributed by atoms with Gasteiger partial charge >= 0.3 is 12.1 Å². The van der Waals surface area contributed by atoms with Crippen molar-refractivity contribution in [2.45, 2.75) is 61.9 Å². The van der Waals surface area contributed by atoms with Gasteiger partial charge in [-0.25, -0.2) is 9.59 Å². The smallest absolute Gasteiger partial charge is 0.407 e. The van der Waals surface area contributed by atoms with Crippen molar-refractivity contribution in [2.75, 3.05) is 25.6 Å². The monoisotopic (exact) mass is 803 g/mol. The van der Waals surface area contributed by atoms with Crippen molar-refractivity contribution < 1.29 is 33.8 Å². The number of benzene rings is 4. The molecule has 0 saturated heterocycles. The number of alkyl carbamates (subject to hydrolysis) is 1. The van der Waals surface area contributed by atoms with Gasteiger partial charge in [0.05, 0.1) is 24.6 Å². The van der Waals surface area contributed by atoms with Crippen LogP contribution in [-0.2, 0) is 36.0 Å². The topological polar surface area (TPSA) is 143 Å². The molecule has 0 aliphatic heterocycles. The molecule has 5 rings (SSSR count). The number of rotatable bonds is 23. The lowest BCUT2D eigenvalue weighted by molar-refractivity contribution is -0.147. The summed E-state index contributed by atoms with van der Waals surface area (Å²) < 4.78 is 11.5. The number of thioether (sulfide) groups is 1. The van der Waals surface area contributed by atoms with Gasteiger partial charge in [-0.15, -0.1) is 13.2 Å². The molecule has 1 aliphatic carbocycles. The molecule has 0 spiro atoms. The maximum absolute atomic E-state index is 13.7. The Hall–Kier alpha value is -5.65. The van der Waals surface area contributed by atoms with Crippen molar-refractivity contribution in [3.63, 3.8) is 0 Å². The van der Waals surface area contributed by atoms with E-state index in [1.807, 2.05) is 97.1 Å². The van der Waals surface area contributed by atoms with E-state index in [1.54, 1.807) is 23.9 Å². The zero-order valence-corrected chi connectivity index (χ0v) is 33.5. The number of ether oxygens (including phenoxy) is 2. The number of aliphatic hydroxyl groups is 1. The van der Waals surface area contributed by atoms with Crippen LogP contribution in [0.5, 0.6) is 0 Å². The Morgan fingerprint density at radius 3 is 1.98 bits per heavy atom. The van der Waals surface area contributed by atoms with Crippen molar-refractivity contribution in [3.8, 4) is 11.1 Å². The molecule has 4 aromatic carbocycles. The molecule has 10 nitrogen and oxygen atoms in total. The van der Waals surface area contributed by atoms with Gasteiger partial charge in [0.2, 0.25) is 11.8 Å². The van der Waals surface area contributed by atoms with Crippen molar-refractivity contribution >= 4 is 35.6 Å². The average molecular weight is 804 g/mol. The molecule has 0 aromatic heterocycles. The number of hydrogen-bond acceptors (Lipinski definition) is 8. The SMILES string of the molecule is C=CCC[C@H](NC(=O)OCC1c2ccccc2-c2ccccc21)C(=O)OC[C@H](CSCc1ccccc1)NC(=O)[C@@H](CC=C)CC(=O)N[C@@H](CO)Cc1ccccc1. The highest BCUT2D eigenvalue weighted by Crippen LogP contribution is 2.44. The molecule has 11 heteroatoms. The number of aliphatic hydroxyl groups excluding tert-OH is 1. The first kappa shape index (κ1) is 43.5. The van der Waals surface area contributed by atoms with Crippen LogP contribution in [0.4, 0.5) is 4.79 Å². The zero-order valence-electron chi connectivity index (χ0n) is 32.7. The van der Waals surface area contributed by atoms with Gasteiger partial charge < -0.3 is 30.5 Å². The highest BCUT2D eigenvalue weighted by Gasteiger charge is 2.31. The molecule has 0 fully saturated rings. The normalized spacial score (nSPS) is 13.7. The van der Waals surface area contributed by atoms with Gasteiger partial charge in [0.15, 0.2) is 0 Å². The number of hydrogen-bond donors (Lipinski definition) is 4. The van der Waals surface area contributed by atoms with E-state index in [4.69, 9.17) is 9.47 Å². The Bertz CT molecular complexity index is 1930. The number of carbonyl (C=O) groups is 4. The minimum absolute atomic E-state index is 0.0907. The second kappa shape index (κ2) is 22.9. The van der Waals surface area contributed by atoms with Crippen LogP contribution in [0.15, 0.2) is 135 Å². The Labute approximate surface area is 345 Å². The standard InChI is InChI=1S/C47H53N3O7S/c1-3-5-25-43(50-47(55)57-30-42-40-23-14-12-21-38(40)39-22-13-15-24-41(39)42)46(54)56-29-37(32-58-31-34-19-10-7-11-20-34)49-45(53)35(16-4-2)27-44(52)48-36(28-51)26-33-17-8-6-9-18-33/h3-4,6-15,17-24,35-37,42-43,51H,1-2,5,16,25-32H2,(H,48,52)(H,49,53)(H,50,55)/t35-,36+,37+,43-/m0/s1. The second-order valence-corrected chi connectivity index (χ2v) is 15.3. The van der Waals surface area contributed by atoms with E-state index in [0.29, 0.717) is 24.3 Å². The molecule has 4 atom stereocenters. The molecular formula is C47H53N3O7S. The van der Waals surface area contributed by atoms with Crippen LogP contribution >= 0.6 is 11.8 Å². The van der Waals surface area contributed by atoms with Crippen LogP contribution in [-0.4, -0.2) is 72.7 Å². The van der Waals surface area contributed by atoms with Crippen LogP contribution in [0, 0.1) is 5.92 Å². The van der Waals surface area contributed by atoms with E-state index < -0.39 is 36.1 Å². The van der Waals surface area contributed by atoms with Gasteiger partial charge in [-0.3, -0.25) is 9.59 Å². The predicted octanol–water partition coefficient (Wildman–Crippen LogP) is 7.12. The van der Waals surface area contributed by atoms with Gasteiger partial charge in [-0.05, 0) is 59.1 Å². The lowest BCUT2D eigenvalue weighted by atomic mass is 9.98. The van der Waals surface area contributed by atoms with Crippen LogP contribution < -0.4 is 16.0 Å². The summed E-state index contributed by atoms with van der Waals surface area (Å²) >= 11 is 1.56. The molecule has 0 unspecified atom stereocenters. The first-order valence-electron chi connectivity index (χ1n) is 19.7. The minimum atomic E-state index is -1.02. The molecule has 0 heterocycles. The number of fused-ring (bicyclic) bond motifs is 3. The van der Waals surface area contributed by atoms with Crippen LogP contribution in [0.3, 0.4) is 0 Å². The van der Waals surface area contributed by atoms with E-state index in [0.717, 1.165) is 33.4 Å². The van der Waals surface area contributed by atoms with Crippen molar-refractivity contribution in [3.05, 3.63) is 157 Å². The molecule has 0 bridgehead atoms. The number of allylic oxidation sites excluding steroid dienone is 2. The van der Waals surface area contributed by atoms with Gasteiger partial charge in [-0.1, -0.05) is 121 Å². The van der Waals surface area contributed by atoms with Gasteiger partial charge in [0.25, 0.3) is 0 Å². The summed E-state index contributed by atoms with van der Waals surface area (Å²) in [5.74, 6) is -1.25. The fourth-order valence-electron chi connectivity index (χ4n) is 7.00. The molecule has 1 aliphatic rings. The molecular weight excluding hydrogens is 751 g/mol. The van der Waals surface area contributed by atoms with Crippen LogP contribution in [0.1, 0.15) is 53.9 Å². The predicted molar refractivity (Wildman–Crippen MR) is 229 cm³/mol. The van der Waals surface area contributed by atoms with Crippen molar-refractivity contribution in [1.82, 2.24) is 16.0 Å². The third kappa shape index (κ3) is 12.9. The second-order valence-electron chi connectivity index (χ2n) is 14.3. The van der Waals surface area contributed by atoms with Gasteiger partial charge in [0, 0.05) is 23.8 Å². The fraction of sp³-hybridized carbons (Fsp3) is 0.319. The Balaban J connectivity index is 1.20. The van der Waals surface area contributed by atoms with E-state index in [2.05, 4.69) is 41.2 Å². The first-order valence-corrected chi connectivity index (χ1v) is 20.8. The van der Waals surface area contributed by atoms with Gasteiger partial charge in [-0.2, -0.15) is 11.8 Å². The van der Waals surface area contributed by atoms with Crippen molar-refractivity contribution in [2.24, 2.45) is 5.92 Å². The summed E-state index contributed by atoms with van der Waals surface area (Å²) in [5.41, 5.74) is 6.43. The molecule has 304 valence electrons. The quantitative estimate of drug-likeness (QED) is 0.0459. The summed E-state index contributed by atoms with van der Waals surface area (Å²) in [4.78, 5) is 53.6. The largest absolute Gasteiger partial charge is 0.462 e. The van der Waals surface area contributed by atoms with Crippen LogP contribution in [0.25, 0.3) is 11.1 Å². The highest BCUT2D eigenvalue weighted by atomic mass is 32.2. The number of amides is 3. The summed E-state index contributed by atoms with van der Waals surface area (Å²) in [6.07, 6.45) is 3.73.